The summed E-state index contributed by atoms with van der Waals surface area (Å²) in [6, 6.07) is 10.1. The van der Waals surface area contributed by atoms with Crippen LogP contribution in [0.4, 0.5) is 10.5 Å². The van der Waals surface area contributed by atoms with E-state index in [2.05, 4.69) is 26.9 Å². The molecular formula is C17H16N4O3S. The van der Waals surface area contributed by atoms with E-state index in [-0.39, 0.29) is 17.5 Å². The van der Waals surface area contributed by atoms with Crippen LogP contribution in [0.25, 0.3) is 0 Å². The molecule has 8 heteroatoms. The molecule has 2 heterocycles. The zero-order valence-corrected chi connectivity index (χ0v) is 14.1. The number of nitrogens with one attached hydrogen (secondary N) is 2. The molecule has 0 aliphatic carbocycles. The van der Waals surface area contributed by atoms with Crippen molar-refractivity contribution < 1.29 is 13.2 Å². The molecule has 0 saturated carbocycles. The van der Waals surface area contributed by atoms with Crippen LogP contribution in [0.2, 0.25) is 0 Å². The summed E-state index contributed by atoms with van der Waals surface area (Å²) in [5.41, 5.74) is 1.54. The third-order valence-electron chi connectivity index (χ3n) is 3.56. The second kappa shape index (κ2) is 7.34. The van der Waals surface area contributed by atoms with Crippen molar-refractivity contribution in [2.45, 2.75) is 4.90 Å². The first-order valence-electron chi connectivity index (χ1n) is 7.60. The van der Waals surface area contributed by atoms with Crippen LogP contribution in [-0.2, 0) is 10.0 Å². The summed E-state index contributed by atoms with van der Waals surface area (Å²) in [4.78, 5) is 17.1. The van der Waals surface area contributed by atoms with Crippen LogP contribution >= 0.6 is 0 Å². The molecule has 128 valence electrons. The van der Waals surface area contributed by atoms with Gasteiger partial charge in [-0.1, -0.05) is 11.8 Å². The molecule has 1 aromatic carbocycles. The number of urea groups is 1. The molecule has 0 bridgehead atoms. The highest BCUT2D eigenvalue weighted by molar-refractivity contribution is 7.89. The van der Waals surface area contributed by atoms with E-state index in [0.717, 1.165) is 11.3 Å². The number of carbonyl (C=O) groups excluding carboxylic acids is 1. The highest BCUT2D eigenvalue weighted by Gasteiger charge is 2.20. The van der Waals surface area contributed by atoms with Gasteiger partial charge < -0.3 is 5.32 Å². The average Bonchev–Trinajstić information content (AvgIpc) is 3.06. The van der Waals surface area contributed by atoms with Crippen molar-refractivity contribution in [3.63, 3.8) is 0 Å². The largest absolute Gasteiger partial charge is 0.336 e. The molecule has 0 spiro atoms. The standard InChI is InChI=1S/C17H16N4O3S/c22-17-19-11-12-21(17)15-7-5-14(6-8-15)3-1-10-20-25(23,24)16-4-2-9-18-13-16/h2,4-9,13,20H,10-12H2,(H,19,22). The van der Waals surface area contributed by atoms with Gasteiger partial charge in [-0.3, -0.25) is 9.88 Å². The van der Waals surface area contributed by atoms with Crippen molar-refractivity contribution >= 4 is 21.7 Å². The van der Waals surface area contributed by atoms with Gasteiger partial charge in [0.05, 0.1) is 6.54 Å². The van der Waals surface area contributed by atoms with Gasteiger partial charge in [0, 0.05) is 36.7 Å². The Hall–Kier alpha value is -2.89. The smallest absolute Gasteiger partial charge is 0.321 e. The van der Waals surface area contributed by atoms with E-state index in [0.29, 0.717) is 13.1 Å². The average molecular weight is 356 g/mol. The van der Waals surface area contributed by atoms with Gasteiger partial charge >= 0.3 is 6.03 Å². The highest BCUT2D eigenvalue weighted by Crippen LogP contribution is 2.16. The predicted octanol–water partition coefficient (Wildman–Crippen LogP) is 0.941. The monoisotopic (exact) mass is 356 g/mol. The van der Waals surface area contributed by atoms with Gasteiger partial charge in [-0.2, -0.15) is 4.72 Å². The number of pyridine rings is 1. The molecule has 2 N–H and O–H groups in total. The van der Waals surface area contributed by atoms with Gasteiger partial charge in [0.1, 0.15) is 4.90 Å². The van der Waals surface area contributed by atoms with Crippen LogP contribution in [0.5, 0.6) is 0 Å². The Morgan fingerprint density at radius 1 is 1.24 bits per heavy atom. The van der Waals surface area contributed by atoms with Crippen molar-refractivity contribution in [2.75, 3.05) is 24.5 Å². The first-order valence-corrected chi connectivity index (χ1v) is 9.08. The lowest BCUT2D eigenvalue weighted by molar-refractivity contribution is 0.252. The fourth-order valence-corrected chi connectivity index (χ4v) is 3.20. The molecule has 25 heavy (non-hydrogen) atoms. The first kappa shape index (κ1) is 17.0. The number of benzene rings is 1. The molecule has 0 radical (unpaired) electrons. The molecule has 1 aliphatic heterocycles. The van der Waals surface area contributed by atoms with Gasteiger partial charge in [-0.25, -0.2) is 13.2 Å². The number of amides is 2. The van der Waals surface area contributed by atoms with Crippen LogP contribution in [0.3, 0.4) is 0 Å². The lowest BCUT2D eigenvalue weighted by Crippen LogP contribution is -2.27. The van der Waals surface area contributed by atoms with Crippen molar-refractivity contribution in [1.82, 2.24) is 15.0 Å². The summed E-state index contributed by atoms with van der Waals surface area (Å²) >= 11 is 0. The lowest BCUT2D eigenvalue weighted by atomic mass is 10.2. The van der Waals surface area contributed by atoms with E-state index >= 15 is 0 Å². The van der Waals surface area contributed by atoms with Gasteiger partial charge in [-0.05, 0) is 36.4 Å². The maximum absolute atomic E-state index is 12.0. The Balaban J connectivity index is 1.60. The van der Waals surface area contributed by atoms with E-state index < -0.39 is 10.0 Å². The zero-order chi connectivity index (χ0) is 17.7. The Bertz CT molecular complexity index is 916. The van der Waals surface area contributed by atoms with E-state index in [9.17, 15) is 13.2 Å². The summed E-state index contributed by atoms with van der Waals surface area (Å²) in [6.45, 7) is 1.27. The number of sulfonamides is 1. The SMILES string of the molecule is O=C1NCCN1c1ccc(C#CCNS(=O)(=O)c2cccnc2)cc1. The predicted molar refractivity (Wildman–Crippen MR) is 93.5 cm³/mol. The van der Waals surface area contributed by atoms with Crippen molar-refractivity contribution in [1.29, 1.82) is 0 Å². The summed E-state index contributed by atoms with van der Waals surface area (Å²) in [6.07, 6.45) is 2.79. The molecule has 2 aromatic rings. The van der Waals surface area contributed by atoms with Gasteiger partial charge in [0.25, 0.3) is 0 Å². The second-order valence-corrected chi connectivity index (χ2v) is 7.01. The van der Waals surface area contributed by atoms with E-state index in [1.54, 1.807) is 23.1 Å². The summed E-state index contributed by atoms with van der Waals surface area (Å²) in [5.74, 6) is 5.66. The van der Waals surface area contributed by atoms with Crippen LogP contribution < -0.4 is 14.9 Å². The van der Waals surface area contributed by atoms with Crippen molar-refractivity contribution in [3.8, 4) is 11.8 Å². The van der Waals surface area contributed by atoms with E-state index in [4.69, 9.17) is 0 Å². The molecule has 7 nitrogen and oxygen atoms in total. The number of rotatable bonds is 4. The molecule has 0 unspecified atom stereocenters. The van der Waals surface area contributed by atoms with Crippen LogP contribution in [0.1, 0.15) is 5.56 Å². The minimum Gasteiger partial charge on any atom is -0.336 e. The minimum absolute atomic E-state index is 0.00644. The molecule has 1 aliphatic rings. The van der Waals surface area contributed by atoms with Crippen molar-refractivity contribution in [3.05, 3.63) is 54.4 Å². The maximum atomic E-state index is 12.0. The zero-order valence-electron chi connectivity index (χ0n) is 13.3. The summed E-state index contributed by atoms with van der Waals surface area (Å²) in [5, 5.41) is 2.74. The van der Waals surface area contributed by atoms with Crippen LogP contribution in [0, 0.1) is 11.8 Å². The fraction of sp³-hybridized carbons (Fsp3) is 0.176. The minimum atomic E-state index is -3.60. The first-order chi connectivity index (χ1) is 12.1. The molecule has 0 atom stereocenters. The Morgan fingerprint density at radius 3 is 2.68 bits per heavy atom. The molecule has 3 rings (SSSR count). The Kier molecular flexibility index (Phi) is 4.97. The van der Waals surface area contributed by atoms with E-state index in [1.807, 2.05) is 12.1 Å². The van der Waals surface area contributed by atoms with Crippen LogP contribution in [0.15, 0.2) is 53.7 Å². The number of hydrogen-bond acceptors (Lipinski definition) is 4. The molecular weight excluding hydrogens is 340 g/mol. The van der Waals surface area contributed by atoms with Crippen LogP contribution in [-0.4, -0.2) is 39.1 Å². The summed E-state index contributed by atoms with van der Waals surface area (Å²) < 4.78 is 26.4. The highest BCUT2D eigenvalue weighted by atomic mass is 32.2. The normalized spacial score (nSPS) is 13.9. The second-order valence-electron chi connectivity index (χ2n) is 5.25. The van der Waals surface area contributed by atoms with Crippen molar-refractivity contribution in [2.24, 2.45) is 0 Å². The number of hydrogen-bond donors (Lipinski definition) is 2. The Morgan fingerprint density at radius 2 is 2.04 bits per heavy atom. The summed E-state index contributed by atoms with van der Waals surface area (Å²) in [7, 11) is -3.60. The number of anilines is 1. The van der Waals surface area contributed by atoms with Gasteiger partial charge in [-0.15, -0.1) is 0 Å². The van der Waals surface area contributed by atoms with Gasteiger partial charge in [0.2, 0.25) is 10.0 Å². The molecule has 1 aromatic heterocycles. The lowest BCUT2D eigenvalue weighted by Gasteiger charge is -2.13. The number of carbonyl (C=O) groups is 1. The molecule has 2 amide bonds. The maximum Gasteiger partial charge on any atom is 0.321 e. The van der Waals surface area contributed by atoms with E-state index in [1.165, 1.54) is 18.5 Å². The topological polar surface area (TPSA) is 91.4 Å². The third-order valence-corrected chi connectivity index (χ3v) is 4.95. The Labute approximate surface area is 146 Å². The molecule has 1 fully saturated rings. The quantitative estimate of drug-likeness (QED) is 0.798. The number of nitrogens with zero attached hydrogens (tertiary/aromatic N) is 2. The fourth-order valence-electron chi connectivity index (χ4n) is 2.31. The number of aromatic nitrogens is 1. The third kappa shape index (κ3) is 4.15. The van der Waals surface area contributed by atoms with Gasteiger partial charge in [0.15, 0.2) is 0 Å². The molecule has 1 saturated heterocycles.